The number of fused-ring (bicyclic) bond motifs is 1. The van der Waals surface area contributed by atoms with Crippen LogP contribution in [-0.2, 0) is 9.59 Å². The maximum absolute atomic E-state index is 13.2. The molecule has 5 heterocycles. The number of imide groups is 2. The van der Waals surface area contributed by atoms with Gasteiger partial charge in [-0.1, -0.05) is 11.6 Å². The molecular weight excluding hydrogens is 726 g/mol. The molecule has 0 saturated carbocycles. The van der Waals surface area contributed by atoms with E-state index in [1.165, 1.54) is 0 Å². The summed E-state index contributed by atoms with van der Waals surface area (Å²) in [4.78, 5) is 77.4. The van der Waals surface area contributed by atoms with Crippen LogP contribution in [0.5, 0.6) is 5.88 Å². The molecule has 2 unspecified atom stereocenters. The standard InChI is InChI=1S/C39H42ClN9O6/c1-24-23-48(25(2)22-47(24)29-6-4-26(20-41)32(40)19-29)39(54)43-27-5-11-35(42-21-27)55-17-3-12-45-13-15-46(16-14-45)28-7-8-30-31(18-28)38(53)49(37(30)52)33-9-10-34(50)44-36(33)51/h4-8,11,18-19,21,24-25,33H,3,9-10,12-17,22-23H2,1-2H3,(H,43,54)(H,44,50,51)/t24?,25-,33?/m1/s1. The first kappa shape index (κ1) is 37.6. The summed E-state index contributed by atoms with van der Waals surface area (Å²) in [6.45, 7) is 9.62. The number of ether oxygens (including phenoxy) is 1. The molecule has 16 heteroatoms. The average molecular weight is 768 g/mol. The molecule has 0 radical (unpaired) electrons. The van der Waals surface area contributed by atoms with Gasteiger partial charge >= 0.3 is 6.03 Å². The molecule has 3 aromatic rings. The number of rotatable bonds is 9. The number of halogens is 1. The summed E-state index contributed by atoms with van der Waals surface area (Å²) in [5.41, 5.74) is 3.31. The highest BCUT2D eigenvalue weighted by atomic mass is 35.5. The van der Waals surface area contributed by atoms with E-state index in [4.69, 9.17) is 16.3 Å². The van der Waals surface area contributed by atoms with Crippen LogP contribution in [0, 0.1) is 11.3 Å². The van der Waals surface area contributed by atoms with Crippen LogP contribution in [0.2, 0.25) is 5.02 Å². The lowest BCUT2D eigenvalue weighted by Gasteiger charge is -2.45. The molecule has 0 aliphatic carbocycles. The number of piperidine rings is 1. The Kier molecular flexibility index (Phi) is 10.9. The van der Waals surface area contributed by atoms with Crippen LogP contribution in [0.3, 0.4) is 0 Å². The van der Waals surface area contributed by atoms with Crippen LogP contribution in [0.15, 0.2) is 54.7 Å². The number of piperazine rings is 2. The molecule has 7 rings (SSSR count). The summed E-state index contributed by atoms with van der Waals surface area (Å²) < 4.78 is 5.89. The van der Waals surface area contributed by atoms with Crippen molar-refractivity contribution in [1.82, 2.24) is 25.0 Å². The van der Waals surface area contributed by atoms with Crippen molar-refractivity contribution < 1.29 is 28.7 Å². The van der Waals surface area contributed by atoms with Crippen molar-refractivity contribution >= 4 is 58.3 Å². The highest BCUT2D eigenvalue weighted by Crippen LogP contribution is 2.32. The zero-order chi connectivity index (χ0) is 38.8. The van der Waals surface area contributed by atoms with Gasteiger partial charge in [-0.2, -0.15) is 5.26 Å². The second kappa shape index (κ2) is 15.9. The monoisotopic (exact) mass is 767 g/mol. The lowest BCUT2D eigenvalue weighted by molar-refractivity contribution is -0.136. The van der Waals surface area contributed by atoms with E-state index in [-0.39, 0.29) is 42.1 Å². The number of benzene rings is 2. The molecule has 3 atom stereocenters. The largest absolute Gasteiger partial charge is 0.478 e. The summed E-state index contributed by atoms with van der Waals surface area (Å²) in [6.07, 6.45) is 2.58. The average Bonchev–Trinajstić information content (AvgIpc) is 3.42. The topological polar surface area (TPSA) is 172 Å². The number of pyridine rings is 1. The van der Waals surface area contributed by atoms with Gasteiger partial charge in [0.15, 0.2) is 0 Å². The fourth-order valence-electron chi connectivity index (χ4n) is 7.63. The number of amides is 6. The second-order valence-corrected chi connectivity index (χ2v) is 14.7. The molecule has 6 amide bonds. The summed E-state index contributed by atoms with van der Waals surface area (Å²) in [5, 5.41) is 14.8. The molecule has 3 saturated heterocycles. The predicted molar refractivity (Wildman–Crippen MR) is 204 cm³/mol. The maximum atomic E-state index is 13.2. The number of carbonyl (C=O) groups is 5. The molecule has 4 aliphatic rings. The number of anilines is 3. The molecule has 286 valence electrons. The minimum absolute atomic E-state index is 0.0371. The third kappa shape index (κ3) is 7.92. The summed E-state index contributed by atoms with van der Waals surface area (Å²) in [7, 11) is 0. The first-order valence-electron chi connectivity index (χ1n) is 18.5. The fourth-order valence-corrected chi connectivity index (χ4v) is 7.84. The van der Waals surface area contributed by atoms with Crippen molar-refractivity contribution in [2.24, 2.45) is 0 Å². The van der Waals surface area contributed by atoms with Crippen molar-refractivity contribution in [2.75, 3.05) is 67.5 Å². The molecule has 0 bridgehead atoms. The van der Waals surface area contributed by atoms with Gasteiger partial charge in [0.25, 0.3) is 11.8 Å². The van der Waals surface area contributed by atoms with Crippen LogP contribution in [0.1, 0.15) is 59.4 Å². The number of aromatic nitrogens is 1. The van der Waals surface area contributed by atoms with E-state index in [2.05, 4.69) is 43.3 Å². The van der Waals surface area contributed by atoms with Crippen LogP contribution < -0.4 is 25.2 Å². The third-order valence-corrected chi connectivity index (χ3v) is 11.0. The minimum atomic E-state index is -0.986. The Morgan fingerprint density at radius 2 is 1.73 bits per heavy atom. The van der Waals surface area contributed by atoms with E-state index >= 15 is 0 Å². The van der Waals surface area contributed by atoms with E-state index in [9.17, 15) is 29.2 Å². The van der Waals surface area contributed by atoms with Gasteiger partial charge in [-0.05, 0) is 69.2 Å². The third-order valence-electron chi connectivity index (χ3n) is 10.7. The molecule has 2 N–H and O–H groups in total. The maximum Gasteiger partial charge on any atom is 0.322 e. The lowest BCUT2D eigenvalue weighted by Crippen LogP contribution is -2.59. The first-order valence-corrected chi connectivity index (χ1v) is 18.8. The Bertz CT molecular complexity index is 2050. The van der Waals surface area contributed by atoms with Crippen molar-refractivity contribution in [2.45, 2.75) is 51.2 Å². The van der Waals surface area contributed by atoms with Crippen molar-refractivity contribution in [3.8, 4) is 11.9 Å². The highest BCUT2D eigenvalue weighted by molar-refractivity contribution is 6.32. The Balaban J connectivity index is 0.827. The Hall–Kier alpha value is -5.72. The molecule has 2 aromatic carbocycles. The molecule has 55 heavy (non-hydrogen) atoms. The molecule has 4 aliphatic heterocycles. The molecule has 1 aromatic heterocycles. The van der Waals surface area contributed by atoms with Crippen LogP contribution in [0.25, 0.3) is 0 Å². The quantitative estimate of drug-likeness (QED) is 0.240. The number of hydrogen-bond acceptors (Lipinski definition) is 11. The fraction of sp³-hybridized carbons (Fsp3) is 0.410. The van der Waals surface area contributed by atoms with Gasteiger partial charge in [0.2, 0.25) is 17.7 Å². The van der Waals surface area contributed by atoms with Gasteiger partial charge in [0.1, 0.15) is 12.1 Å². The van der Waals surface area contributed by atoms with Gasteiger partial charge in [0.05, 0.1) is 40.2 Å². The van der Waals surface area contributed by atoms with Gasteiger partial charge in [-0.25, -0.2) is 9.78 Å². The van der Waals surface area contributed by atoms with Gasteiger partial charge in [-0.15, -0.1) is 0 Å². The Labute approximate surface area is 323 Å². The van der Waals surface area contributed by atoms with Gasteiger partial charge in [-0.3, -0.25) is 34.3 Å². The first-order chi connectivity index (χ1) is 26.5. The molecule has 0 spiro atoms. The molecular formula is C39H42ClN9O6. The number of carbonyl (C=O) groups excluding carboxylic acids is 5. The van der Waals surface area contributed by atoms with Crippen molar-refractivity contribution in [3.05, 3.63) is 76.4 Å². The summed E-state index contributed by atoms with van der Waals surface area (Å²) >= 11 is 6.28. The minimum Gasteiger partial charge on any atom is -0.478 e. The van der Waals surface area contributed by atoms with Crippen molar-refractivity contribution in [3.63, 3.8) is 0 Å². The Morgan fingerprint density at radius 1 is 0.964 bits per heavy atom. The zero-order valence-electron chi connectivity index (χ0n) is 30.7. The summed E-state index contributed by atoms with van der Waals surface area (Å²) in [6, 6.07) is 15.0. The van der Waals surface area contributed by atoms with E-state index in [1.807, 2.05) is 24.0 Å². The van der Waals surface area contributed by atoms with Crippen LogP contribution in [0.4, 0.5) is 21.9 Å². The smallest absolute Gasteiger partial charge is 0.322 e. The van der Waals surface area contributed by atoms with Crippen LogP contribution in [-0.4, -0.2) is 120 Å². The SMILES string of the molecule is CC1CN(C(=O)Nc2ccc(OCCCN3CCN(c4ccc5c(c4)C(=O)N(C4CCC(=O)NC4=O)C5=O)CC3)nc2)[C@H](C)CN1c1ccc(C#N)c(Cl)c1. The van der Waals surface area contributed by atoms with E-state index in [0.29, 0.717) is 41.8 Å². The van der Waals surface area contributed by atoms with Gasteiger partial charge in [0, 0.05) is 81.8 Å². The number of nitrogens with one attached hydrogen (secondary N) is 2. The zero-order valence-corrected chi connectivity index (χ0v) is 31.4. The molecule has 3 fully saturated rings. The van der Waals surface area contributed by atoms with E-state index in [0.717, 1.165) is 55.4 Å². The Morgan fingerprint density at radius 3 is 2.44 bits per heavy atom. The molecule has 15 nitrogen and oxygen atoms in total. The number of urea groups is 1. The van der Waals surface area contributed by atoms with Gasteiger partial charge < -0.3 is 24.8 Å². The summed E-state index contributed by atoms with van der Waals surface area (Å²) in [5.74, 6) is -1.57. The number of nitrogens with zero attached hydrogens (tertiary/aromatic N) is 7. The highest BCUT2D eigenvalue weighted by Gasteiger charge is 2.45. The second-order valence-electron chi connectivity index (χ2n) is 14.3. The lowest BCUT2D eigenvalue weighted by atomic mass is 10.0. The van der Waals surface area contributed by atoms with E-state index in [1.54, 1.807) is 42.6 Å². The number of nitriles is 1. The normalized spacial score (nSPS) is 21.7. The van der Waals surface area contributed by atoms with E-state index < -0.39 is 29.7 Å². The van der Waals surface area contributed by atoms with Crippen molar-refractivity contribution in [1.29, 1.82) is 5.26 Å². The number of hydrogen-bond donors (Lipinski definition) is 2. The van der Waals surface area contributed by atoms with Crippen LogP contribution >= 0.6 is 11.6 Å². The predicted octanol–water partition coefficient (Wildman–Crippen LogP) is 3.73.